The van der Waals surface area contributed by atoms with Gasteiger partial charge in [-0.15, -0.1) is 0 Å². The fourth-order valence-corrected chi connectivity index (χ4v) is 1.48. The fourth-order valence-electron chi connectivity index (χ4n) is 1.48. The summed E-state index contributed by atoms with van der Waals surface area (Å²) in [5.74, 6) is 0.600. The third-order valence-electron chi connectivity index (χ3n) is 2.39. The van der Waals surface area contributed by atoms with Gasteiger partial charge in [-0.25, -0.2) is 0 Å². The number of ether oxygens (including phenoxy) is 1. The maximum atomic E-state index is 11.5. The van der Waals surface area contributed by atoms with E-state index in [1.807, 2.05) is 31.2 Å². The van der Waals surface area contributed by atoms with Gasteiger partial charge in [0.15, 0.2) is 6.10 Å². The zero-order valence-electron chi connectivity index (χ0n) is 10.4. The number of nitrogens with two attached hydrogens (primary N) is 1. The van der Waals surface area contributed by atoms with Crippen LogP contribution in [-0.2, 0) is 11.2 Å². The lowest BCUT2D eigenvalue weighted by atomic mass is 10.1. The first kappa shape index (κ1) is 13.5. The Labute approximate surface area is 102 Å². The Morgan fingerprint density at radius 2 is 2.06 bits per heavy atom. The fraction of sp³-hybridized carbons (Fsp3) is 0.462. The zero-order valence-corrected chi connectivity index (χ0v) is 10.4. The van der Waals surface area contributed by atoms with Gasteiger partial charge in [-0.05, 0) is 44.5 Å². The molecule has 0 aromatic heterocycles. The summed E-state index contributed by atoms with van der Waals surface area (Å²) in [6.45, 7) is 4.86. The van der Waals surface area contributed by atoms with Crippen molar-refractivity contribution in [1.29, 1.82) is 0 Å². The SMILES string of the molecule is CCNC(=O)C(C)Oc1ccc(CCN)cc1. The van der Waals surface area contributed by atoms with Gasteiger partial charge in [-0.2, -0.15) is 0 Å². The number of rotatable bonds is 6. The second-order valence-corrected chi connectivity index (χ2v) is 3.84. The average Bonchev–Trinajstić information content (AvgIpc) is 2.32. The lowest BCUT2D eigenvalue weighted by molar-refractivity contribution is -0.127. The number of nitrogens with one attached hydrogen (secondary N) is 1. The van der Waals surface area contributed by atoms with E-state index in [9.17, 15) is 4.79 Å². The average molecular weight is 236 g/mol. The quantitative estimate of drug-likeness (QED) is 0.777. The van der Waals surface area contributed by atoms with Crippen LogP contribution in [0.15, 0.2) is 24.3 Å². The number of amides is 1. The van der Waals surface area contributed by atoms with Gasteiger partial charge >= 0.3 is 0 Å². The third kappa shape index (κ3) is 4.44. The van der Waals surface area contributed by atoms with Crippen LogP contribution >= 0.6 is 0 Å². The maximum Gasteiger partial charge on any atom is 0.260 e. The van der Waals surface area contributed by atoms with E-state index in [2.05, 4.69) is 5.32 Å². The van der Waals surface area contributed by atoms with Crippen molar-refractivity contribution in [2.24, 2.45) is 5.73 Å². The molecule has 1 aromatic rings. The van der Waals surface area contributed by atoms with Crippen LogP contribution in [0, 0.1) is 0 Å². The molecule has 0 spiro atoms. The molecule has 0 heterocycles. The molecule has 94 valence electrons. The van der Waals surface area contributed by atoms with Gasteiger partial charge in [-0.3, -0.25) is 4.79 Å². The summed E-state index contributed by atoms with van der Waals surface area (Å²) in [7, 11) is 0. The topological polar surface area (TPSA) is 64.3 Å². The molecule has 3 N–H and O–H groups in total. The number of carbonyl (C=O) groups is 1. The van der Waals surface area contributed by atoms with Gasteiger partial charge in [0, 0.05) is 6.54 Å². The Kier molecular flexibility index (Phi) is 5.49. The molecule has 0 saturated heterocycles. The molecule has 0 aliphatic heterocycles. The van der Waals surface area contributed by atoms with Gasteiger partial charge in [0.05, 0.1) is 0 Å². The molecule has 0 fully saturated rings. The van der Waals surface area contributed by atoms with Crippen LogP contribution in [0.1, 0.15) is 19.4 Å². The molecule has 0 radical (unpaired) electrons. The molecule has 0 saturated carbocycles. The van der Waals surface area contributed by atoms with Crippen molar-refractivity contribution in [3.8, 4) is 5.75 Å². The Morgan fingerprint density at radius 3 is 2.59 bits per heavy atom. The maximum absolute atomic E-state index is 11.5. The molecule has 4 heteroatoms. The molecule has 17 heavy (non-hydrogen) atoms. The molecule has 1 amide bonds. The van der Waals surface area contributed by atoms with Crippen LogP contribution in [-0.4, -0.2) is 25.1 Å². The van der Waals surface area contributed by atoms with Crippen molar-refractivity contribution in [3.05, 3.63) is 29.8 Å². The van der Waals surface area contributed by atoms with E-state index in [1.54, 1.807) is 6.92 Å². The summed E-state index contributed by atoms with van der Waals surface area (Å²) in [5, 5.41) is 2.72. The van der Waals surface area contributed by atoms with Crippen molar-refractivity contribution in [3.63, 3.8) is 0 Å². The van der Waals surface area contributed by atoms with Crippen LogP contribution < -0.4 is 15.8 Å². The standard InChI is InChI=1S/C13H20N2O2/c1-3-15-13(16)10(2)17-12-6-4-11(5-7-12)8-9-14/h4-7,10H,3,8-9,14H2,1-2H3,(H,15,16). The summed E-state index contributed by atoms with van der Waals surface area (Å²) in [5.41, 5.74) is 6.64. The molecule has 4 nitrogen and oxygen atoms in total. The van der Waals surface area contributed by atoms with E-state index in [-0.39, 0.29) is 5.91 Å². The van der Waals surface area contributed by atoms with Crippen molar-refractivity contribution < 1.29 is 9.53 Å². The summed E-state index contributed by atoms with van der Waals surface area (Å²) >= 11 is 0. The number of hydrogen-bond donors (Lipinski definition) is 2. The zero-order chi connectivity index (χ0) is 12.7. The van der Waals surface area contributed by atoms with Crippen molar-refractivity contribution in [1.82, 2.24) is 5.32 Å². The normalized spacial score (nSPS) is 11.9. The highest BCUT2D eigenvalue weighted by Gasteiger charge is 2.12. The van der Waals surface area contributed by atoms with Crippen LogP contribution in [0.3, 0.4) is 0 Å². The Hall–Kier alpha value is -1.55. The highest BCUT2D eigenvalue weighted by molar-refractivity contribution is 5.80. The molecule has 0 bridgehead atoms. The number of hydrogen-bond acceptors (Lipinski definition) is 3. The molecule has 1 aromatic carbocycles. The van der Waals surface area contributed by atoms with E-state index in [0.717, 1.165) is 6.42 Å². The summed E-state index contributed by atoms with van der Waals surface area (Å²) < 4.78 is 5.52. The first-order chi connectivity index (χ1) is 8.17. The van der Waals surface area contributed by atoms with E-state index in [1.165, 1.54) is 5.56 Å². The number of likely N-dealkylation sites (N-methyl/N-ethyl adjacent to an activating group) is 1. The second kappa shape index (κ2) is 6.91. The van der Waals surface area contributed by atoms with E-state index < -0.39 is 6.10 Å². The number of carbonyl (C=O) groups excluding carboxylic acids is 1. The first-order valence-electron chi connectivity index (χ1n) is 5.90. The summed E-state index contributed by atoms with van der Waals surface area (Å²) in [4.78, 5) is 11.5. The number of benzene rings is 1. The van der Waals surface area contributed by atoms with E-state index in [0.29, 0.717) is 18.8 Å². The summed E-state index contributed by atoms with van der Waals surface area (Å²) in [6.07, 6.45) is 0.377. The Balaban J connectivity index is 2.53. The largest absolute Gasteiger partial charge is 0.481 e. The minimum absolute atomic E-state index is 0.0986. The highest BCUT2D eigenvalue weighted by atomic mass is 16.5. The van der Waals surface area contributed by atoms with Crippen LogP contribution in [0.5, 0.6) is 5.75 Å². The van der Waals surface area contributed by atoms with Crippen LogP contribution in [0.2, 0.25) is 0 Å². The van der Waals surface area contributed by atoms with Gasteiger partial charge in [0.25, 0.3) is 5.91 Å². The molecule has 1 unspecified atom stereocenters. The molecular formula is C13H20N2O2. The van der Waals surface area contributed by atoms with Crippen LogP contribution in [0.25, 0.3) is 0 Å². The molecule has 0 aliphatic rings. The van der Waals surface area contributed by atoms with Crippen molar-refractivity contribution >= 4 is 5.91 Å². The third-order valence-corrected chi connectivity index (χ3v) is 2.39. The minimum Gasteiger partial charge on any atom is -0.481 e. The molecule has 0 aliphatic carbocycles. The van der Waals surface area contributed by atoms with E-state index in [4.69, 9.17) is 10.5 Å². The van der Waals surface area contributed by atoms with Crippen molar-refractivity contribution in [2.45, 2.75) is 26.4 Å². The monoisotopic (exact) mass is 236 g/mol. The summed E-state index contributed by atoms with van der Waals surface area (Å²) in [6, 6.07) is 7.65. The molecule has 1 rings (SSSR count). The van der Waals surface area contributed by atoms with Gasteiger partial charge in [0.1, 0.15) is 5.75 Å². The smallest absolute Gasteiger partial charge is 0.260 e. The molecule has 1 atom stereocenters. The van der Waals surface area contributed by atoms with Crippen LogP contribution in [0.4, 0.5) is 0 Å². The minimum atomic E-state index is -0.477. The van der Waals surface area contributed by atoms with Gasteiger partial charge in [0.2, 0.25) is 0 Å². The lowest BCUT2D eigenvalue weighted by Crippen LogP contribution is -2.36. The molecular weight excluding hydrogens is 216 g/mol. The van der Waals surface area contributed by atoms with Crippen molar-refractivity contribution in [2.75, 3.05) is 13.1 Å². The predicted octanol–water partition coefficient (Wildman–Crippen LogP) is 1.09. The highest BCUT2D eigenvalue weighted by Crippen LogP contribution is 2.14. The Morgan fingerprint density at radius 1 is 1.41 bits per heavy atom. The Bertz CT molecular complexity index is 349. The lowest BCUT2D eigenvalue weighted by Gasteiger charge is -2.14. The van der Waals surface area contributed by atoms with E-state index >= 15 is 0 Å². The first-order valence-corrected chi connectivity index (χ1v) is 5.90. The van der Waals surface area contributed by atoms with Gasteiger partial charge < -0.3 is 15.8 Å². The predicted molar refractivity (Wildman–Crippen MR) is 68.0 cm³/mol. The second-order valence-electron chi connectivity index (χ2n) is 3.84. The van der Waals surface area contributed by atoms with Gasteiger partial charge in [-0.1, -0.05) is 12.1 Å².